The predicted octanol–water partition coefficient (Wildman–Crippen LogP) is 3.17. The second-order valence-electron chi connectivity index (χ2n) is 7.76. The molecule has 1 heterocycles. The van der Waals surface area contributed by atoms with E-state index < -0.39 is 10.0 Å². The molecule has 2 aromatic carbocycles. The largest absolute Gasteiger partial charge is 0.492 e. The Morgan fingerprint density at radius 3 is 2.39 bits per heavy atom. The molecule has 0 unspecified atom stereocenters. The second-order valence-corrected chi connectivity index (χ2v) is 9.70. The normalized spacial score (nSPS) is 14.5. The first-order chi connectivity index (χ1) is 14.9. The van der Waals surface area contributed by atoms with E-state index in [1.165, 1.54) is 4.31 Å². The maximum atomic E-state index is 12.5. The number of nitrogens with one attached hydrogen (secondary N) is 1. The average molecular weight is 447 g/mol. The first-order valence-electron chi connectivity index (χ1n) is 10.6. The van der Waals surface area contributed by atoms with Gasteiger partial charge in [0, 0.05) is 13.1 Å². The molecule has 1 saturated heterocycles. The summed E-state index contributed by atoms with van der Waals surface area (Å²) in [6.45, 7) is 5.84. The molecule has 1 fully saturated rings. The average Bonchev–Trinajstić information content (AvgIpc) is 3.32. The Balaban J connectivity index is 1.40. The minimum Gasteiger partial charge on any atom is -0.492 e. The Hall–Kier alpha value is -2.58. The van der Waals surface area contributed by atoms with Crippen molar-refractivity contribution in [2.45, 2.75) is 37.5 Å². The number of hydrogen-bond acceptors (Lipinski definition) is 5. The van der Waals surface area contributed by atoms with Crippen molar-refractivity contribution in [1.82, 2.24) is 9.62 Å². The molecule has 7 nitrogen and oxygen atoms in total. The van der Waals surface area contributed by atoms with E-state index in [0.717, 1.165) is 18.4 Å². The van der Waals surface area contributed by atoms with Crippen molar-refractivity contribution in [3.05, 3.63) is 54.1 Å². The van der Waals surface area contributed by atoms with E-state index >= 15 is 0 Å². The summed E-state index contributed by atoms with van der Waals surface area (Å²) in [5, 5.41) is 2.75. The molecule has 0 radical (unpaired) electrons. The molecule has 1 aliphatic heterocycles. The fourth-order valence-corrected chi connectivity index (χ4v) is 4.95. The smallest absolute Gasteiger partial charge is 0.258 e. The Kier molecular flexibility index (Phi) is 7.92. The van der Waals surface area contributed by atoms with Gasteiger partial charge in [0.05, 0.1) is 11.4 Å². The number of ether oxygens (including phenoxy) is 2. The molecule has 3 rings (SSSR count). The van der Waals surface area contributed by atoms with Crippen LogP contribution in [0, 0.1) is 0 Å². The molecule has 0 spiro atoms. The van der Waals surface area contributed by atoms with E-state index in [4.69, 9.17) is 9.47 Å². The Morgan fingerprint density at radius 2 is 1.71 bits per heavy atom. The summed E-state index contributed by atoms with van der Waals surface area (Å²) < 4.78 is 37.8. The maximum absolute atomic E-state index is 12.5. The van der Waals surface area contributed by atoms with Gasteiger partial charge in [0.25, 0.3) is 5.91 Å². The lowest BCUT2D eigenvalue weighted by Crippen LogP contribution is -2.32. The molecule has 31 heavy (non-hydrogen) atoms. The highest BCUT2D eigenvalue weighted by atomic mass is 32.2. The lowest BCUT2D eigenvalue weighted by molar-refractivity contribution is -0.123. The molecule has 2 aromatic rings. The highest BCUT2D eigenvalue weighted by Gasteiger charge is 2.26. The van der Waals surface area contributed by atoms with E-state index in [0.29, 0.717) is 37.1 Å². The predicted molar refractivity (Wildman–Crippen MR) is 119 cm³/mol. The van der Waals surface area contributed by atoms with Crippen LogP contribution in [0.1, 0.15) is 38.2 Å². The standard InChI is InChI=1S/C23H30N2O5S/c1-18(2)21-7-3-4-8-22(21)30-17-23(26)24-13-16-29-19-9-11-20(12-10-19)31(27,28)25-14-5-6-15-25/h3-4,7-12,18H,5-6,13-17H2,1-2H3,(H,24,26). The van der Waals surface area contributed by atoms with Crippen LogP contribution in [0.3, 0.4) is 0 Å². The molecule has 0 atom stereocenters. The minimum absolute atomic E-state index is 0.0627. The van der Waals surface area contributed by atoms with Gasteiger partial charge in [-0.3, -0.25) is 4.79 Å². The number of amides is 1. The van der Waals surface area contributed by atoms with Crippen LogP contribution in [0.15, 0.2) is 53.4 Å². The number of para-hydroxylation sites is 1. The van der Waals surface area contributed by atoms with Crippen molar-refractivity contribution in [3.63, 3.8) is 0 Å². The van der Waals surface area contributed by atoms with Crippen LogP contribution >= 0.6 is 0 Å². The van der Waals surface area contributed by atoms with Crippen LogP contribution in [-0.2, 0) is 14.8 Å². The summed E-state index contributed by atoms with van der Waals surface area (Å²) in [6.07, 6.45) is 1.81. The molecule has 1 aliphatic rings. The van der Waals surface area contributed by atoms with E-state index in [2.05, 4.69) is 19.2 Å². The van der Waals surface area contributed by atoms with Crippen molar-refractivity contribution in [3.8, 4) is 11.5 Å². The number of sulfonamides is 1. The van der Waals surface area contributed by atoms with Gasteiger partial charge in [-0.15, -0.1) is 0 Å². The molecule has 168 valence electrons. The van der Waals surface area contributed by atoms with Crippen LogP contribution in [-0.4, -0.2) is 51.5 Å². The highest BCUT2D eigenvalue weighted by Crippen LogP contribution is 2.26. The second kappa shape index (κ2) is 10.6. The zero-order valence-corrected chi connectivity index (χ0v) is 18.9. The summed E-state index contributed by atoms with van der Waals surface area (Å²) >= 11 is 0. The van der Waals surface area contributed by atoms with E-state index in [1.807, 2.05) is 24.3 Å². The SMILES string of the molecule is CC(C)c1ccccc1OCC(=O)NCCOc1ccc(S(=O)(=O)N2CCCC2)cc1. The summed E-state index contributed by atoms with van der Waals surface area (Å²) in [6, 6.07) is 14.1. The first kappa shape index (κ1) is 23.1. The van der Waals surface area contributed by atoms with Crippen LogP contribution in [0.25, 0.3) is 0 Å². The highest BCUT2D eigenvalue weighted by molar-refractivity contribution is 7.89. The number of carbonyl (C=O) groups is 1. The zero-order valence-electron chi connectivity index (χ0n) is 18.0. The first-order valence-corrected chi connectivity index (χ1v) is 12.0. The zero-order chi connectivity index (χ0) is 22.3. The summed E-state index contributed by atoms with van der Waals surface area (Å²) in [5.41, 5.74) is 1.06. The quantitative estimate of drug-likeness (QED) is 0.567. The number of benzene rings is 2. The number of hydrogen-bond donors (Lipinski definition) is 1. The van der Waals surface area contributed by atoms with Crippen molar-refractivity contribution in [1.29, 1.82) is 0 Å². The van der Waals surface area contributed by atoms with Gasteiger partial charge in [0.1, 0.15) is 18.1 Å². The van der Waals surface area contributed by atoms with E-state index in [9.17, 15) is 13.2 Å². The fraction of sp³-hybridized carbons (Fsp3) is 0.435. The number of rotatable bonds is 10. The molecule has 0 aliphatic carbocycles. The van der Waals surface area contributed by atoms with Crippen molar-refractivity contribution >= 4 is 15.9 Å². The van der Waals surface area contributed by atoms with Crippen molar-refractivity contribution < 1.29 is 22.7 Å². The topological polar surface area (TPSA) is 84.9 Å². The summed E-state index contributed by atoms with van der Waals surface area (Å²) in [4.78, 5) is 12.3. The maximum Gasteiger partial charge on any atom is 0.258 e. The van der Waals surface area contributed by atoms with Crippen LogP contribution in [0.5, 0.6) is 11.5 Å². The summed E-state index contributed by atoms with van der Waals surface area (Å²) in [5.74, 6) is 1.35. The van der Waals surface area contributed by atoms with Crippen molar-refractivity contribution in [2.24, 2.45) is 0 Å². The monoisotopic (exact) mass is 446 g/mol. The van der Waals surface area contributed by atoms with Crippen LogP contribution in [0.4, 0.5) is 0 Å². The third-order valence-electron chi connectivity index (χ3n) is 5.12. The molecule has 0 bridgehead atoms. The van der Waals surface area contributed by atoms with Gasteiger partial charge in [-0.25, -0.2) is 8.42 Å². The molecule has 1 N–H and O–H groups in total. The molecule has 0 aromatic heterocycles. The number of carbonyl (C=O) groups excluding carboxylic acids is 1. The number of nitrogens with zero attached hydrogens (tertiary/aromatic N) is 1. The molecular weight excluding hydrogens is 416 g/mol. The third-order valence-corrected chi connectivity index (χ3v) is 7.03. The van der Waals surface area contributed by atoms with Gasteiger partial charge in [-0.2, -0.15) is 4.31 Å². The van der Waals surface area contributed by atoms with Gasteiger partial charge in [0.2, 0.25) is 10.0 Å². The van der Waals surface area contributed by atoms with E-state index in [-0.39, 0.29) is 24.0 Å². The summed E-state index contributed by atoms with van der Waals surface area (Å²) in [7, 11) is -3.42. The Morgan fingerprint density at radius 1 is 1.03 bits per heavy atom. The third kappa shape index (κ3) is 6.21. The van der Waals surface area contributed by atoms with Crippen LogP contribution < -0.4 is 14.8 Å². The molecule has 0 saturated carbocycles. The molecule has 8 heteroatoms. The molecule has 1 amide bonds. The fourth-order valence-electron chi connectivity index (χ4n) is 3.43. The lowest BCUT2D eigenvalue weighted by Gasteiger charge is -2.16. The van der Waals surface area contributed by atoms with Crippen LogP contribution in [0.2, 0.25) is 0 Å². The van der Waals surface area contributed by atoms with Gasteiger partial charge in [-0.05, 0) is 54.7 Å². The Bertz CT molecular complexity index is 968. The minimum atomic E-state index is -3.42. The van der Waals surface area contributed by atoms with Gasteiger partial charge in [-0.1, -0.05) is 32.0 Å². The lowest BCUT2D eigenvalue weighted by atomic mass is 10.0. The van der Waals surface area contributed by atoms with Gasteiger partial charge in [0.15, 0.2) is 6.61 Å². The Labute approximate surface area is 184 Å². The van der Waals surface area contributed by atoms with Crippen molar-refractivity contribution in [2.75, 3.05) is 32.8 Å². The van der Waals surface area contributed by atoms with E-state index in [1.54, 1.807) is 24.3 Å². The van der Waals surface area contributed by atoms with Gasteiger partial charge >= 0.3 is 0 Å². The molecular formula is C23H30N2O5S. The van der Waals surface area contributed by atoms with Gasteiger partial charge < -0.3 is 14.8 Å².